The Morgan fingerprint density at radius 3 is 1.97 bits per heavy atom. The summed E-state index contributed by atoms with van der Waals surface area (Å²) in [6.07, 6.45) is 0. The van der Waals surface area contributed by atoms with Crippen molar-refractivity contribution in [2.45, 2.75) is 33.1 Å². The molecule has 0 aliphatic carbocycles. The van der Waals surface area contributed by atoms with Crippen LogP contribution in [0.4, 0.5) is 5.69 Å². The molecule has 2 heterocycles. The first kappa shape index (κ1) is 20.6. The number of para-hydroxylation sites is 1. The zero-order valence-corrected chi connectivity index (χ0v) is 20.0. The molecule has 0 unspecified atom stereocenters. The molecule has 6 rings (SSSR count). The van der Waals surface area contributed by atoms with Crippen LogP contribution >= 0.6 is 0 Å². The number of hydrogen-bond acceptors (Lipinski definition) is 3. The molecule has 0 aliphatic heterocycles. The quantitative estimate of drug-likeness (QED) is 0.270. The van der Waals surface area contributed by atoms with Gasteiger partial charge in [0.05, 0.1) is 0 Å². The molecule has 0 aliphatic rings. The first-order valence-electron chi connectivity index (χ1n) is 11.6. The lowest BCUT2D eigenvalue weighted by Crippen LogP contribution is -2.15. The van der Waals surface area contributed by atoms with Gasteiger partial charge in [0.15, 0.2) is 0 Å². The first-order valence-corrected chi connectivity index (χ1v) is 11.6. The Bertz CT molecular complexity index is 1770. The van der Waals surface area contributed by atoms with Gasteiger partial charge in [0.2, 0.25) is 0 Å². The standard InChI is InChI=1S/C31H27NO2/c1-17(2)21-16-24-23-15-19(11-13-27(23)34-30(24)28(29(21)32)31(3,4)5)18-10-12-26-22(14-18)20-8-6-7-9-25(20)33-26/h6-16H,1,32H2,2-5H3. The second-order valence-electron chi connectivity index (χ2n) is 10.2. The van der Waals surface area contributed by atoms with Gasteiger partial charge in [-0.2, -0.15) is 0 Å². The third-order valence-electron chi connectivity index (χ3n) is 6.72. The maximum absolute atomic E-state index is 6.64. The Kier molecular flexibility index (Phi) is 4.25. The third-order valence-corrected chi connectivity index (χ3v) is 6.72. The normalized spacial score (nSPS) is 12.4. The highest BCUT2D eigenvalue weighted by Crippen LogP contribution is 2.44. The van der Waals surface area contributed by atoms with Gasteiger partial charge in [-0.1, -0.05) is 57.7 Å². The molecule has 0 saturated heterocycles. The molecular formula is C31H27NO2. The molecule has 0 atom stereocenters. The summed E-state index contributed by atoms with van der Waals surface area (Å²) in [4.78, 5) is 0. The lowest BCUT2D eigenvalue weighted by atomic mass is 9.82. The molecule has 4 aromatic carbocycles. The lowest BCUT2D eigenvalue weighted by Gasteiger charge is -2.23. The molecule has 3 nitrogen and oxygen atoms in total. The molecule has 0 amide bonds. The molecule has 0 fully saturated rings. The van der Waals surface area contributed by atoms with E-state index in [9.17, 15) is 0 Å². The number of nitrogen functional groups attached to an aromatic ring is 1. The largest absolute Gasteiger partial charge is 0.456 e. The molecule has 2 N–H and O–H groups in total. The summed E-state index contributed by atoms with van der Waals surface area (Å²) in [5.74, 6) is 0. The predicted octanol–water partition coefficient (Wildman–Crippen LogP) is 9.07. The highest BCUT2D eigenvalue weighted by atomic mass is 16.3. The maximum atomic E-state index is 6.64. The molecule has 0 radical (unpaired) electrons. The van der Waals surface area contributed by atoms with Gasteiger partial charge >= 0.3 is 0 Å². The van der Waals surface area contributed by atoms with Crippen LogP contribution in [0.15, 0.2) is 82.1 Å². The Balaban J connectivity index is 1.62. The number of allylic oxidation sites excluding steroid dienone is 1. The van der Waals surface area contributed by atoms with Gasteiger partial charge in [-0.15, -0.1) is 0 Å². The maximum Gasteiger partial charge on any atom is 0.141 e. The van der Waals surface area contributed by atoms with Crippen molar-refractivity contribution in [2.75, 3.05) is 5.73 Å². The minimum Gasteiger partial charge on any atom is -0.456 e. The number of rotatable bonds is 2. The van der Waals surface area contributed by atoms with Crippen molar-refractivity contribution in [3.8, 4) is 11.1 Å². The molecule has 0 saturated carbocycles. The van der Waals surface area contributed by atoms with E-state index in [-0.39, 0.29) is 5.41 Å². The molecule has 0 spiro atoms. The number of nitrogens with two attached hydrogens (primary N) is 1. The molecular weight excluding hydrogens is 418 g/mol. The first-order chi connectivity index (χ1) is 16.2. The summed E-state index contributed by atoms with van der Waals surface area (Å²) in [7, 11) is 0. The van der Waals surface area contributed by atoms with E-state index in [2.05, 4.69) is 75.9 Å². The predicted molar refractivity (Wildman–Crippen MR) is 144 cm³/mol. The SMILES string of the molecule is C=C(C)c1cc2c(oc3ccc(-c4ccc5oc6ccccc6c5c4)cc32)c(C(C)(C)C)c1N. The van der Waals surface area contributed by atoms with Crippen molar-refractivity contribution in [2.24, 2.45) is 0 Å². The topological polar surface area (TPSA) is 52.3 Å². The van der Waals surface area contributed by atoms with Gasteiger partial charge in [-0.25, -0.2) is 0 Å². The fourth-order valence-corrected chi connectivity index (χ4v) is 5.11. The third kappa shape index (κ3) is 2.97. The van der Waals surface area contributed by atoms with Crippen molar-refractivity contribution in [3.05, 3.63) is 84.4 Å². The van der Waals surface area contributed by atoms with Gasteiger partial charge < -0.3 is 14.6 Å². The average Bonchev–Trinajstić information content (AvgIpc) is 3.34. The Morgan fingerprint density at radius 2 is 1.32 bits per heavy atom. The van der Waals surface area contributed by atoms with Crippen molar-refractivity contribution >= 4 is 55.1 Å². The fourth-order valence-electron chi connectivity index (χ4n) is 5.11. The lowest BCUT2D eigenvalue weighted by molar-refractivity contribution is 0.575. The Labute approximate surface area is 198 Å². The van der Waals surface area contributed by atoms with Gasteiger partial charge in [0.25, 0.3) is 0 Å². The van der Waals surface area contributed by atoms with Crippen LogP contribution in [-0.2, 0) is 5.41 Å². The number of benzene rings is 4. The number of anilines is 1. The van der Waals surface area contributed by atoms with Gasteiger partial charge in [0.1, 0.15) is 22.3 Å². The van der Waals surface area contributed by atoms with E-state index < -0.39 is 0 Å². The molecule has 34 heavy (non-hydrogen) atoms. The van der Waals surface area contributed by atoms with Crippen LogP contribution in [0.5, 0.6) is 0 Å². The van der Waals surface area contributed by atoms with Crippen LogP contribution in [0.2, 0.25) is 0 Å². The number of furan rings is 2. The smallest absolute Gasteiger partial charge is 0.141 e. The minimum absolute atomic E-state index is 0.169. The monoisotopic (exact) mass is 445 g/mol. The van der Waals surface area contributed by atoms with Gasteiger partial charge in [-0.05, 0) is 65.4 Å². The highest BCUT2D eigenvalue weighted by molar-refractivity contribution is 6.11. The average molecular weight is 446 g/mol. The van der Waals surface area contributed by atoms with E-state index >= 15 is 0 Å². The summed E-state index contributed by atoms with van der Waals surface area (Å²) in [5, 5.41) is 4.41. The fraction of sp³-hybridized carbons (Fsp3) is 0.161. The van der Waals surface area contributed by atoms with E-state index in [4.69, 9.17) is 14.6 Å². The molecule has 2 aromatic heterocycles. The molecule has 6 aromatic rings. The van der Waals surface area contributed by atoms with Crippen LogP contribution in [-0.4, -0.2) is 0 Å². The molecule has 168 valence electrons. The van der Waals surface area contributed by atoms with Crippen LogP contribution in [0.1, 0.15) is 38.8 Å². The van der Waals surface area contributed by atoms with Crippen LogP contribution in [0, 0.1) is 0 Å². The van der Waals surface area contributed by atoms with Gasteiger partial charge in [0, 0.05) is 38.4 Å². The second-order valence-corrected chi connectivity index (χ2v) is 10.2. The Morgan fingerprint density at radius 1 is 0.735 bits per heavy atom. The summed E-state index contributed by atoms with van der Waals surface area (Å²) < 4.78 is 12.4. The molecule has 0 bridgehead atoms. The number of fused-ring (bicyclic) bond motifs is 6. The summed E-state index contributed by atoms with van der Waals surface area (Å²) in [6.45, 7) is 12.7. The van der Waals surface area contributed by atoms with E-state index in [1.54, 1.807) is 0 Å². The summed E-state index contributed by atoms with van der Waals surface area (Å²) >= 11 is 0. The van der Waals surface area contributed by atoms with Crippen molar-refractivity contribution in [3.63, 3.8) is 0 Å². The van der Waals surface area contributed by atoms with E-state index in [0.29, 0.717) is 0 Å². The van der Waals surface area contributed by atoms with E-state index in [1.807, 2.05) is 25.1 Å². The second kappa shape index (κ2) is 7.01. The van der Waals surface area contributed by atoms with Crippen LogP contribution in [0.25, 0.3) is 60.6 Å². The molecule has 3 heteroatoms. The van der Waals surface area contributed by atoms with E-state index in [1.165, 1.54) is 0 Å². The zero-order valence-electron chi connectivity index (χ0n) is 20.0. The Hall–Kier alpha value is -3.98. The van der Waals surface area contributed by atoms with Gasteiger partial charge in [-0.3, -0.25) is 0 Å². The van der Waals surface area contributed by atoms with E-state index in [0.717, 1.165) is 77.4 Å². The van der Waals surface area contributed by atoms with Crippen molar-refractivity contribution in [1.29, 1.82) is 0 Å². The zero-order chi connectivity index (χ0) is 23.8. The van der Waals surface area contributed by atoms with Crippen LogP contribution < -0.4 is 5.73 Å². The van der Waals surface area contributed by atoms with Crippen LogP contribution in [0.3, 0.4) is 0 Å². The number of hydrogen-bond donors (Lipinski definition) is 1. The summed E-state index contributed by atoms with van der Waals surface area (Å²) in [5.41, 5.74) is 16.0. The van der Waals surface area contributed by atoms with Crippen molar-refractivity contribution in [1.82, 2.24) is 0 Å². The summed E-state index contributed by atoms with van der Waals surface area (Å²) in [6, 6.07) is 23.1. The van der Waals surface area contributed by atoms with Crippen molar-refractivity contribution < 1.29 is 8.83 Å². The highest BCUT2D eigenvalue weighted by Gasteiger charge is 2.26. The minimum atomic E-state index is -0.169.